The van der Waals surface area contributed by atoms with Gasteiger partial charge in [-0.3, -0.25) is 0 Å². The van der Waals surface area contributed by atoms with Crippen molar-refractivity contribution in [1.29, 1.82) is 0 Å². The first-order chi connectivity index (χ1) is 8.70. The topological polar surface area (TPSA) is 76.7 Å². The Kier molecular flexibility index (Phi) is 4.25. The number of hydrogen-bond acceptors (Lipinski definition) is 3. The van der Waals surface area contributed by atoms with Crippen molar-refractivity contribution in [3.8, 4) is 5.75 Å². The van der Waals surface area contributed by atoms with E-state index >= 15 is 0 Å². The molecule has 0 heterocycles. The van der Waals surface area contributed by atoms with Crippen LogP contribution in [0.5, 0.6) is 5.75 Å². The van der Waals surface area contributed by atoms with Gasteiger partial charge >= 0.3 is 12.4 Å². The van der Waals surface area contributed by atoms with Gasteiger partial charge in [0.25, 0.3) is 0 Å². The molecule has 1 aromatic rings. The standard InChI is InChI=1S/C9H6F5N3O2/c10-5-1-2-6(19-9(12,13)14)7(11)4(5)3-16-17-8(15)18/h1-3H,(H3,15,17,18). The maximum atomic E-state index is 13.5. The molecule has 0 aromatic heterocycles. The van der Waals surface area contributed by atoms with Crippen molar-refractivity contribution >= 4 is 12.2 Å². The Bertz CT molecular complexity index is 515. The van der Waals surface area contributed by atoms with Crippen LogP contribution in [-0.4, -0.2) is 18.6 Å². The quantitative estimate of drug-likeness (QED) is 0.504. The second-order valence-electron chi connectivity index (χ2n) is 3.06. The smallest absolute Gasteiger partial charge is 0.403 e. The Morgan fingerprint density at radius 2 is 2.00 bits per heavy atom. The number of halogens is 5. The van der Waals surface area contributed by atoms with Crippen molar-refractivity contribution in [3.05, 3.63) is 29.3 Å². The third kappa shape index (κ3) is 4.41. The zero-order valence-electron chi connectivity index (χ0n) is 8.96. The first-order valence-electron chi connectivity index (χ1n) is 4.53. The molecule has 19 heavy (non-hydrogen) atoms. The number of carbonyl (C=O) groups is 1. The van der Waals surface area contributed by atoms with Crippen LogP contribution in [0.4, 0.5) is 26.7 Å². The van der Waals surface area contributed by atoms with Crippen molar-refractivity contribution in [2.75, 3.05) is 0 Å². The van der Waals surface area contributed by atoms with E-state index in [1.807, 2.05) is 0 Å². The summed E-state index contributed by atoms with van der Waals surface area (Å²) in [5.41, 5.74) is 5.33. The van der Waals surface area contributed by atoms with Gasteiger partial charge in [0.2, 0.25) is 0 Å². The Hall–Kier alpha value is -2.39. The number of carbonyl (C=O) groups excluding carboxylic acids is 1. The van der Waals surface area contributed by atoms with Crippen LogP contribution in [0, 0.1) is 11.6 Å². The first-order valence-corrected chi connectivity index (χ1v) is 4.53. The normalized spacial score (nSPS) is 11.6. The molecule has 10 heteroatoms. The minimum absolute atomic E-state index is 0.457. The number of alkyl halides is 3. The van der Waals surface area contributed by atoms with Crippen LogP contribution in [0.25, 0.3) is 0 Å². The Morgan fingerprint density at radius 3 is 2.53 bits per heavy atom. The highest BCUT2D eigenvalue weighted by Crippen LogP contribution is 2.27. The molecule has 0 fully saturated rings. The summed E-state index contributed by atoms with van der Waals surface area (Å²) in [6, 6.07) is -0.0907. The van der Waals surface area contributed by atoms with E-state index in [9.17, 15) is 26.7 Å². The number of nitrogens with zero attached hydrogens (tertiary/aromatic N) is 1. The van der Waals surface area contributed by atoms with E-state index in [1.165, 1.54) is 0 Å². The molecule has 3 N–H and O–H groups in total. The third-order valence-electron chi connectivity index (χ3n) is 1.69. The highest BCUT2D eigenvalue weighted by Gasteiger charge is 2.33. The molecule has 1 rings (SSSR count). The number of nitrogens with two attached hydrogens (primary N) is 1. The van der Waals surface area contributed by atoms with E-state index in [-0.39, 0.29) is 0 Å². The highest BCUT2D eigenvalue weighted by atomic mass is 19.4. The predicted molar refractivity (Wildman–Crippen MR) is 53.4 cm³/mol. The number of hydrazone groups is 1. The van der Waals surface area contributed by atoms with Gasteiger partial charge in [0, 0.05) is 0 Å². The zero-order chi connectivity index (χ0) is 14.6. The van der Waals surface area contributed by atoms with E-state index in [4.69, 9.17) is 0 Å². The molecule has 0 aliphatic heterocycles. The largest absolute Gasteiger partial charge is 0.573 e. The summed E-state index contributed by atoms with van der Waals surface area (Å²) < 4.78 is 65.8. The fourth-order valence-corrected chi connectivity index (χ4v) is 1.03. The Morgan fingerprint density at radius 1 is 1.37 bits per heavy atom. The molecule has 0 spiro atoms. The maximum absolute atomic E-state index is 13.5. The molecular formula is C9H6F5N3O2. The number of hydrogen-bond donors (Lipinski definition) is 2. The molecule has 104 valence electrons. The monoisotopic (exact) mass is 283 g/mol. The lowest BCUT2D eigenvalue weighted by atomic mass is 10.2. The second kappa shape index (κ2) is 5.50. The predicted octanol–water partition coefficient (Wildman–Crippen LogP) is 1.87. The van der Waals surface area contributed by atoms with Crippen LogP contribution in [0.3, 0.4) is 0 Å². The summed E-state index contributed by atoms with van der Waals surface area (Å²) in [6.45, 7) is 0. The van der Waals surface area contributed by atoms with Crippen molar-refractivity contribution < 1.29 is 31.5 Å². The molecule has 0 atom stereocenters. The minimum atomic E-state index is -5.13. The van der Waals surface area contributed by atoms with Gasteiger partial charge in [-0.15, -0.1) is 13.2 Å². The summed E-state index contributed by atoms with van der Waals surface area (Å²) in [5.74, 6) is -4.04. The van der Waals surface area contributed by atoms with Gasteiger partial charge in [0.15, 0.2) is 11.6 Å². The Labute approximate surface area is 102 Å². The van der Waals surface area contributed by atoms with Crippen LogP contribution in [0.15, 0.2) is 17.2 Å². The van der Waals surface area contributed by atoms with Crippen LogP contribution in [0.2, 0.25) is 0 Å². The van der Waals surface area contributed by atoms with Gasteiger partial charge < -0.3 is 10.5 Å². The van der Waals surface area contributed by atoms with Crippen molar-refractivity contribution in [2.24, 2.45) is 10.8 Å². The number of benzene rings is 1. The van der Waals surface area contributed by atoms with E-state index in [0.29, 0.717) is 18.3 Å². The maximum Gasteiger partial charge on any atom is 0.573 e. The van der Waals surface area contributed by atoms with Crippen LogP contribution >= 0.6 is 0 Å². The summed E-state index contributed by atoms with van der Waals surface area (Å²) in [6.07, 6.45) is -4.67. The molecule has 0 unspecified atom stereocenters. The number of urea groups is 1. The lowest BCUT2D eigenvalue weighted by Crippen LogP contribution is -2.24. The second-order valence-corrected chi connectivity index (χ2v) is 3.06. The number of amides is 2. The van der Waals surface area contributed by atoms with Gasteiger partial charge in [0.05, 0.1) is 11.8 Å². The van der Waals surface area contributed by atoms with Gasteiger partial charge in [0.1, 0.15) is 5.82 Å². The minimum Gasteiger partial charge on any atom is -0.403 e. The zero-order valence-corrected chi connectivity index (χ0v) is 8.96. The lowest BCUT2D eigenvalue weighted by molar-refractivity contribution is -0.275. The molecule has 0 saturated carbocycles. The van der Waals surface area contributed by atoms with Gasteiger partial charge in [-0.1, -0.05) is 0 Å². The summed E-state index contributed by atoms with van der Waals surface area (Å²) >= 11 is 0. The summed E-state index contributed by atoms with van der Waals surface area (Å²) in [7, 11) is 0. The van der Waals surface area contributed by atoms with E-state index < -0.39 is 35.3 Å². The molecule has 1 aromatic carbocycles. The number of primary amides is 1. The van der Waals surface area contributed by atoms with Crippen LogP contribution in [0.1, 0.15) is 5.56 Å². The van der Waals surface area contributed by atoms with E-state index in [0.717, 1.165) is 0 Å². The highest BCUT2D eigenvalue weighted by molar-refractivity contribution is 5.82. The molecule has 0 saturated heterocycles. The fraction of sp³-hybridized carbons (Fsp3) is 0.111. The van der Waals surface area contributed by atoms with E-state index in [1.54, 1.807) is 5.43 Å². The van der Waals surface area contributed by atoms with E-state index in [2.05, 4.69) is 15.6 Å². The average Bonchev–Trinajstić information content (AvgIpc) is 2.25. The lowest BCUT2D eigenvalue weighted by Gasteiger charge is -2.10. The third-order valence-corrected chi connectivity index (χ3v) is 1.69. The molecular weight excluding hydrogens is 277 g/mol. The average molecular weight is 283 g/mol. The van der Waals surface area contributed by atoms with Crippen molar-refractivity contribution in [1.82, 2.24) is 5.43 Å². The molecule has 0 aliphatic rings. The fourth-order valence-electron chi connectivity index (χ4n) is 1.03. The number of rotatable bonds is 3. The van der Waals surface area contributed by atoms with Crippen LogP contribution < -0.4 is 15.9 Å². The number of nitrogens with one attached hydrogen (secondary N) is 1. The van der Waals surface area contributed by atoms with Gasteiger partial charge in [-0.05, 0) is 12.1 Å². The summed E-state index contributed by atoms with van der Waals surface area (Å²) in [4.78, 5) is 10.3. The first kappa shape index (κ1) is 14.7. The van der Waals surface area contributed by atoms with Gasteiger partial charge in [-0.2, -0.15) is 5.10 Å². The van der Waals surface area contributed by atoms with Crippen molar-refractivity contribution in [3.63, 3.8) is 0 Å². The molecule has 5 nitrogen and oxygen atoms in total. The molecule has 2 amide bonds. The Balaban J connectivity index is 3.07. The molecule has 0 radical (unpaired) electrons. The molecule has 0 bridgehead atoms. The van der Waals surface area contributed by atoms with Gasteiger partial charge in [-0.25, -0.2) is 19.0 Å². The number of ether oxygens (including phenoxy) is 1. The summed E-state index contributed by atoms with van der Waals surface area (Å²) in [5, 5.41) is 3.03. The van der Waals surface area contributed by atoms with Crippen LogP contribution in [-0.2, 0) is 0 Å². The SMILES string of the molecule is NC(=O)NN=Cc1c(F)ccc(OC(F)(F)F)c1F. The molecule has 0 aliphatic carbocycles. The van der Waals surface area contributed by atoms with Crippen molar-refractivity contribution in [2.45, 2.75) is 6.36 Å².